The number of carbonyl (C=O) groups is 3. The summed E-state index contributed by atoms with van der Waals surface area (Å²) in [4.78, 5) is 33.3. The number of nitrogens with one attached hydrogen (secondary N) is 2. The molecule has 1 saturated heterocycles. The Balaban J connectivity index is 2.55. The lowest BCUT2D eigenvalue weighted by Crippen LogP contribution is -2.51. The Morgan fingerprint density at radius 2 is 2.19 bits per heavy atom. The van der Waals surface area contributed by atoms with Crippen molar-refractivity contribution in [1.29, 1.82) is 0 Å². The smallest absolute Gasteiger partial charge is 0.326 e. The van der Waals surface area contributed by atoms with Gasteiger partial charge in [-0.15, -0.1) is 0 Å². The highest BCUT2D eigenvalue weighted by Gasteiger charge is 2.31. The Hall–Kier alpha value is -1.24. The molecule has 16 heavy (non-hydrogen) atoms. The van der Waals surface area contributed by atoms with Crippen molar-refractivity contribution in [1.82, 2.24) is 10.6 Å². The molecule has 2 unspecified atom stereocenters. The van der Waals surface area contributed by atoms with E-state index in [-0.39, 0.29) is 11.2 Å². The Kier molecular flexibility index (Phi) is 4.17. The number of rotatable bonds is 4. The predicted molar refractivity (Wildman–Crippen MR) is 59.2 cm³/mol. The van der Waals surface area contributed by atoms with Gasteiger partial charge in [0.15, 0.2) is 0 Å². The molecular weight excluding hydrogens is 232 g/mol. The van der Waals surface area contributed by atoms with E-state index in [1.54, 1.807) is 13.8 Å². The van der Waals surface area contributed by atoms with Gasteiger partial charge in [0.2, 0.25) is 5.91 Å². The van der Waals surface area contributed by atoms with Gasteiger partial charge in [-0.05, 0) is 5.92 Å². The minimum absolute atomic E-state index is 0.203. The molecule has 2 atom stereocenters. The number of carboxylic acids is 1. The second-order valence-corrected chi connectivity index (χ2v) is 4.86. The molecule has 7 heteroatoms. The number of hydrogen-bond donors (Lipinski definition) is 3. The van der Waals surface area contributed by atoms with Crippen LogP contribution in [-0.4, -0.2) is 40.1 Å². The number of aliphatic carboxylic acids is 1. The molecule has 1 aliphatic heterocycles. The summed E-state index contributed by atoms with van der Waals surface area (Å²) < 4.78 is 0. The molecule has 1 heterocycles. The third kappa shape index (κ3) is 3.13. The Bertz CT molecular complexity index is 319. The molecular formula is C9H14N2O4S. The van der Waals surface area contributed by atoms with Gasteiger partial charge in [-0.3, -0.25) is 9.59 Å². The molecule has 0 aromatic carbocycles. The largest absolute Gasteiger partial charge is 0.480 e. The highest BCUT2D eigenvalue weighted by Crippen LogP contribution is 2.13. The van der Waals surface area contributed by atoms with E-state index in [9.17, 15) is 14.4 Å². The minimum atomic E-state index is -1.07. The summed E-state index contributed by atoms with van der Waals surface area (Å²) in [6, 6.07) is -1.55. The Morgan fingerprint density at radius 1 is 1.56 bits per heavy atom. The highest BCUT2D eigenvalue weighted by molar-refractivity contribution is 8.14. The topological polar surface area (TPSA) is 95.5 Å². The van der Waals surface area contributed by atoms with E-state index in [4.69, 9.17) is 5.11 Å². The molecule has 0 radical (unpaired) electrons. The van der Waals surface area contributed by atoms with Gasteiger partial charge in [-0.25, -0.2) is 4.79 Å². The van der Waals surface area contributed by atoms with Gasteiger partial charge < -0.3 is 15.7 Å². The normalized spacial score (nSPS) is 21.7. The van der Waals surface area contributed by atoms with E-state index < -0.39 is 24.0 Å². The van der Waals surface area contributed by atoms with Crippen molar-refractivity contribution in [2.45, 2.75) is 25.9 Å². The predicted octanol–water partition coefficient (Wildman–Crippen LogP) is 0.0368. The maximum atomic E-state index is 11.6. The lowest BCUT2D eigenvalue weighted by molar-refractivity contribution is -0.143. The van der Waals surface area contributed by atoms with E-state index >= 15 is 0 Å². The summed E-state index contributed by atoms with van der Waals surface area (Å²) >= 11 is 1.02. The Labute approximate surface area is 97.2 Å². The first-order valence-corrected chi connectivity index (χ1v) is 5.87. The average molecular weight is 246 g/mol. The third-order valence-electron chi connectivity index (χ3n) is 2.22. The van der Waals surface area contributed by atoms with Crippen LogP contribution in [-0.2, 0) is 9.59 Å². The summed E-state index contributed by atoms with van der Waals surface area (Å²) in [5, 5.41) is 13.5. The number of amides is 2. The second kappa shape index (κ2) is 5.20. The van der Waals surface area contributed by atoms with Crippen molar-refractivity contribution in [2.75, 3.05) is 5.75 Å². The van der Waals surface area contributed by atoms with Gasteiger partial charge in [-0.2, -0.15) is 0 Å². The van der Waals surface area contributed by atoms with Crippen molar-refractivity contribution >= 4 is 28.9 Å². The molecule has 0 aromatic rings. The van der Waals surface area contributed by atoms with Crippen LogP contribution in [0.4, 0.5) is 4.79 Å². The van der Waals surface area contributed by atoms with Crippen molar-refractivity contribution in [2.24, 2.45) is 5.92 Å². The molecule has 0 bridgehead atoms. The van der Waals surface area contributed by atoms with Crippen LogP contribution >= 0.6 is 11.8 Å². The van der Waals surface area contributed by atoms with Crippen molar-refractivity contribution < 1.29 is 19.5 Å². The van der Waals surface area contributed by atoms with E-state index in [0.717, 1.165) is 11.8 Å². The number of carboxylic acid groups (broad SMARTS) is 1. The first-order chi connectivity index (χ1) is 7.41. The Morgan fingerprint density at radius 3 is 2.56 bits per heavy atom. The molecule has 6 nitrogen and oxygen atoms in total. The van der Waals surface area contributed by atoms with Gasteiger partial charge in [0.1, 0.15) is 12.1 Å². The summed E-state index contributed by atoms with van der Waals surface area (Å²) in [7, 11) is 0. The summed E-state index contributed by atoms with van der Waals surface area (Å²) in [5.74, 6) is -1.37. The summed E-state index contributed by atoms with van der Waals surface area (Å²) in [6.07, 6.45) is 0. The van der Waals surface area contributed by atoms with Crippen LogP contribution in [0.2, 0.25) is 0 Å². The number of carbonyl (C=O) groups excluding carboxylic acids is 2. The molecule has 2 amide bonds. The monoisotopic (exact) mass is 246 g/mol. The molecule has 0 aromatic heterocycles. The first kappa shape index (κ1) is 12.8. The fourth-order valence-corrected chi connectivity index (χ4v) is 2.07. The SMILES string of the molecule is CC(C)C(NC(=O)C1CSC(=O)N1)C(=O)O. The molecule has 1 rings (SSSR count). The summed E-state index contributed by atoms with van der Waals surface area (Å²) in [5.41, 5.74) is 0. The van der Waals surface area contributed by atoms with E-state index in [1.165, 1.54) is 0 Å². The van der Waals surface area contributed by atoms with Gasteiger partial charge in [0, 0.05) is 5.75 Å². The molecule has 1 fully saturated rings. The zero-order valence-corrected chi connectivity index (χ0v) is 9.84. The lowest BCUT2D eigenvalue weighted by atomic mass is 10.0. The average Bonchev–Trinajstić information content (AvgIpc) is 2.59. The summed E-state index contributed by atoms with van der Waals surface area (Å²) in [6.45, 7) is 3.42. The second-order valence-electron chi connectivity index (χ2n) is 3.86. The third-order valence-corrected chi connectivity index (χ3v) is 3.10. The highest BCUT2D eigenvalue weighted by atomic mass is 32.2. The maximum absolute atomic E-state index is 11.6. The minimum Gasteiger partial charge on any atom is -0.480 e. The van der Waals surface area contributed by atoms with Gasteiger partial charge >= 0.3 is 5.97 Å². The molecule has 1 aliphatic rings. The fraction of sp³-hybridized carbons (Fsp3) is 0.667. The van der Waals surface area contributed by atoms with Crippen LogP contribution in [0.1, 0.15) is 13.8 Å². The zero-order chi connectivity index (χ0) is 12.3. The van der Waals surface area contributed by atoms with Crippen LogP contribution in [0, 0.1) is 5.92 Å². The van der Waals surface area contributed by atoms with Crippen LogP contribution in [0.15, 0.2) is 0 Å². The van der Waals surface area contributed by atoms with Gasteiger partial charge in [-0.1, -0.05) is 25.6 Å². The molecule has 0 saturated carbocycles. The quantitative estimate of drug-likeness (QED) is 0.650. The van der Waals surface area contributed by atoms with Crippen LogP contribution in [0.25, 0.3) is 0 Å². The molecule has 0 spiro atoms. The van der Waals surface area contributed by atoms with Crippen LogP contribution in [0.5, 0.6) is 0 Å². The molecule has 0 aliphatic carbocycles. The fourth-order valence-electron chi connectivity index (χ4n) is 1.29. The lowest BCUT2D eigenvalue weighted by Gasteiger charge is -2.19. The van der Waals surface area contributed by atoms with Crippen molar-refractivity contribution in [3.8, 4) is 0 Å². The molecule has 3 N–H and O–H groups in total. The molecule has 90 valence electrons. The van der Waals surface area contributed by atoms with Gasteiger partial charge in [0.25, 0.3) is 5.24 Å². The van der Waals surface area contributed by atoms with E-state index in [2.05, 4.69) is 10.6 Å². The standard InChI is InChI=1S/C9H14N2O4S/c1-4(2)6(8(13)14)11-7(12)5-3-16-9(15)10-5/h4-6H,3H2,1-2H3,(H,10,15)(H,11,12)(H,13,14). The van der Waals surface area contributed by atoms with Crippen LogP contribution < -0.4 is 10.6 Å². The van der Waals surface area contributed by atoms with E-state index in [0.29, 0.717) is 5.75 Å². The van der Waals surface area contributed by atoms with Gasteiger partial charge in [0.05, 0.1) is 0 Å². The maximum Gasteiger partial charge on any atom is 0.326 e. The van der Waals surface area contributed by atoms with Crippen LogP contribution in [0.3, 0.4) is 0 Å². The van der Waals surface area contributed by atoms with Crippen molar-refractivity contribution in [3.05, 3.63) is 0 Å². The van der Waals surface area contributed by atoms with Crippen molar-refractivity contribution in [3.63, 3.8) is 0 Å². The van der Waals surface area contributed by atoms with E-state index in [1.807, 2.05) is 0 Å². The number of hydrogen-bond acceptors (Lipinski definition) is 4. The zero-order valence-electron chi connectivity index (χ0n) is 9.02. The number of thioether (sulfide) groups is 1. The first-order valence-electron chi connectivity index (χ1n) is 4.88.